The molecule has 14 heteroatoms. The predicted molar refractivity (Wildman–Crippen MR) is 203 cm³/mol. The molecule has 2 amide bonds. The molecule has 6 rings (SSSR count). The normalized spacial score (nSPS) is 15.1. The zero-order valence-corrected chi connectivity index (χ0v) is 32.3. The number of nitrogens with one attached hydrogen (secondary N) is 1. The number of amides is 2. The van der Waals surface area contributed by atoms with E-state index in [1.165, 1.54) is 7.11 Å². The Balaban J connectivity index is 1.19. The number of benzene rings is 2. The van der Waals surface area contributed by atoms with E-state index in [2.05, 4.69) is 15.2 Å². The number of fused-ring (bicyclic) bond motifs is 1. The molecule has 0 saturated carbocycles. The first-order valence-electron chi connectivity index (χ1n) is 17.5. The molecule has 2 aromatic heterocycles. The molecule has 0 unspecified atom stereocenters. The van der Waals surface area contributed by atoms with Crippen LogP contribution in [0.25, 0.3) is 22.4 Å². The minimum Gasteiger partial charge on any atom is -0.481 e. The Morgan fingerprint density at radius 3 is 2.26 bits per heavy atom. The van der Waals surface area contributed by atoms with E-state index in [0.29, 0.717) is 69.2 Å². The van der Waals surface area contributed by atoms with E-state index >= 15 is 0 Å². The quantitative estimate of drug-likeness (QED) is 0.183. The van der Waals surface area contributed by atoms with Gasteiger partial charge in [0.2, 0.25) is 5.88 Å². The van der Waals surface area contributed by atoms with Gasteiger partial charge in [-0.05, 0) is 58.8 Å². The van der Waals surface area contributed by atoms with Gasteiger partial charge in [-0.15, -0.1) is 0 Å². The number of anilines is 1. The zero-order valence-electron chi connectivity index (χ0n) is 30.8. The number of ether oxygens (including phenoxy) is 3. The highest BCUT2D eigenvalue weighted by atomic mass is 35.5. The van der Waals surface area contributed by atoms with Gasteiger partial charge in [0.05, 0.1) is 53.8 Å². The third-order valence-corrected chi connectivity index (χ3v) is 10.4. The van der Waals surface area contributed by atoms with Gasteiger partial charge in [-0.25, -0.2) is 14.8 Å². The molecule has 2 aromatic carbocycles. The molecule has 2 aliphatic rings. The van der Waals surface area contributed by atoms with Crippen molar-refractivity contribution < 1.29 is 28.6 Å². The Labute approximate surface area is 319 Å². The minimum absolute atomic E-state index is 0.0649. The molecule has 0 bridgehead atoms. The first-order chi connectivity index (χ1) is 25.3. The molecule has 53 heavy (non-hydrogen) atoms. The average molecular weight is 764 g/mol. The smallest absolute Gasteiger partial charge is 0.410 e. The number of nitrogens with zero attached hydrogens (tertiary/aromatic N) is 5. The third-order valence-electron chi connectivity index (χ3n) is 9.57. The number of aromatic nitrogens is 3. The summed E-state index contributed by atoms with van der Waals surface area (Å²) >= 11 is 14.0. The summed E-state index contributed by atoms with van der Waals surface area (Å²) in [6, 6.07) is 14.9. The number of hydrogen-bond acceptors (Lipinski definition) is 9. The van der Waals surface area contributed by atoms with Crippen molar-refractivity contribution in [3.05, 3.63) is 81.4 Å². The summed E-state index contributed by atoms with van der Waals surface area (Å²) in [5.41, 5.74) is 4.86. The van der Waals surface area contributed by atoms with Crippen LogP contribution in [0.5, 0.6) is 5.88 Å². The highest BCUT2D eigenvalue weighted by Crippen LogP contribution is 2.41. The molecule has 0 aliphatic carbocycles. The Hall–Kier alpha value is -4.65. The predicted octanol–water partition coefficient (Wildman–Crippen LogP) is 7.40. The zero-order chi connectivity index (χ0) is 38.0. The van der Waals surface area contributed by atoms with Gasteiger partial charge < -0.3 is 29.0 Å². The summed E-state index contributed by atoms with van der Waals surface area (Å²) in [4.78, 5) is 51.6. The summed E-state index contributed by atoms with van der Waals surface area (Å²) in [5, 5.41) is 3.68. The second-order valence-electron chi connectivity index (χ2n) is 14.3. The second kappa shape index (κ2) is 15.8. The molecule has 1 fully saturated rings. The van der Waals surface area contributed by atoms with Crippen molar-refractivity contribution >= 4 is 46.9 Å². The third kappa shape index (κ3) is 8.30. The first kappa shape index (κ1) is 38.1. The first-order valence-corrected chi connectivity index (χ1v) is 18.3. The lowest BCUT2D eigenvalue weighted by atomic mass is 9.96. The Morgan fingerprint density at radius 1 is 0.906 bits per heavy atom. The number of esters is 1. The van der Waals surface area contributed by atoms with E-state index in [1.54, 1.807) is 35.8 Å². The van der Waals surface area contributed by atoms with Crippen molar-refractivity contribution in [1.82, 2.24) is 24.3 Å². The molecule has 1 N–H and O–H groups in total. The standard InChI is InChI=1S/C39H44Cl2N6O6/c1-39(2,3)53-38(50)47-20-17-31-30(22-47)42-34(45(31)4)35(48)43-29-12-8-10-26(33(29)41)25-9-7-11-27(32(25)40)28-14-13-24(36(44-28)51-5)21-46-18-15-23(16-19-46)37(49)52-6/h7-14,23H,15-22H2,1-6H3,(H,43,48). The van der Waals surface area contributed by atoms with Gasteiger partial charge in [-0.2, -0.15) is 0 Å². The van der Waals surface area contributed by atoms with Crippen LogP contribution < -0.4 is 10.1 Å². The van der Waals surface area contributed by atoms with Gasteiger partial charge in [-0.3, -0.25) is 14.5 Å². The van der Waals surface area contributed by atoms with Crippen LogP contribution in [-0.2, 0) is 40.8 Å². The van der Waals surface area contributed by atoms with E-state index in [4.69, 9.17) is 42.4 Å². The maximum Gasteiger partial charge on any atom is 0.410 e. The molecule has 0 spiro atoms. The van der Waals surface area contributed by atoms with Crippen LogP contribution in [0.4, 0.5) is 10.5 Å². The maximum absolute atomic E-state index is 13.6. The largest absolute Gasteiger partial charge is 0.481 e. The second-order valence-corrected chi connectivity index (χ2v) is 15.0. The lowest BCUT2D eigenvalue weighted by Gasteiger charge is -2.30. The number of methoxy groups -OCH3 is 2. The molecule has 4 heterocycles. The SMILES string of the molecule is COC(=O)C1CCN(Cc2ccc(-c3cccc(-c4cccc(NC(=O)c5nc6c(n5C)CCN(C(=O)OC(C)(C)C)C6)c4Cl)c3Cl)nc2OC)CC1. The van der Waals surface area contributed by atoms with Crippen LogP contribution >= 0.6 is 23.2 Å². The van der Waals surface area contributed by atoms with Crippen LogP contribution in [0, 0.1) is 5.92 Å². The maximum atomic E-state index is 13.6. The fraction of sp³-hybridized carbons (Fsp3) is 0.410. The summed E-state index contributed by atoms with van der Waals surface area (Å²) in [6.07, 6.45) is 1.62. The number of hydrogen-bond donors (Lipinski definition) is 1. The lowest BCUT2D eigenvalue weighted by Crippen LogP contribution is -2.40. The molecule has 1 saturated heterocycles. The van der Waals surface area contributed by atoms with Crippen molar-refractivity contribution in [2.45, 2.75) is 58.7 Å². The van der Waals surface area contributed by atoms with E-state index in [0.717, 1.165) is 37.2 Å². The Morgan fingerprint density at radius 2 is 1.58 bits per heavy atom. The highest BCUT2D eigenvalue weighted by Gasteiger charge is 2.31. The average Bonchev–Trinajstić information content (AvgIpc) is 3.47. The van der Waals surface area contributed by atoms with Gasteiger partial charge in [0, 0.05) is 54.5 Å². The lowest BCUT2D eigenvalue weighted by molar-refractivity contribution is -0.147. The molecule has 280 valence electrons. The Kier molecular flexibility index (Phi) is 11.3. The number of pyridine rings is 1. The summed E-state index contributed by atoms with van der Waals surface area (Å²) in [5.74, 6) is 0.0501. The van der Waals surface area contributed by atoms with Gasteiger partial charge in [-0.1, -0.05) is 59.6 Å². The van der Waals surface area contributed by atoms with Crippen molar-refractivity contribution in [2.24, 2.45) is 13.0 Å². The number of piperidine rings is 1. The number of likely N-dealkylation sites (tertiary alicyclic amines) is 1. The van der Waals surface area contributed by atoms with Crippen molar-refractivity contribution in [1.29, 1.82) is 0 Å². The summed E-state index contributed by atoms with van der Waals surface area (Å²) in [7, 11) is 4.81. The van der Waals surface area contributed by atoms with E-state index in [-0.39, 0.29) is 24.3 Å². The number of halogens is 2. The van der Waals surface area contributed by atoms with Gasteiger partial charge in [0.15, 0.2) is 5.82 Å². The molecular weight excluding hydrogens is 719 g/mol. The van der Waals surface area contributed by atoms with Crippen LogP contribution in [0.15, 0.2) is 48.5 Å². The molecule has 4 aromatic rings. The van der Waals surface area contributed by atoms with E-state index in [1.807, 2.05) is 57.2 Å². The van der Waals surface area contributed by atoms with Crippen molar-refractivity contribution in [2.75, 3.05) is 39.2 Å². The fourth-order valence-corrected chi connectivity index (χ4v) is 7.42. The van der Waals surface area contributed by atoms with Crippen LogP contribution in [0.3, 0.4) is 0 Å². The topological polar surface area (TPSA) is 128 Å². The number of carbonyl (C=O) groups is 3. The van der Waals surface area contributed by atoms with Crippen LogP contribution in [-0.4, -0.2) is 81.8 Å². The van der Waals surface area contributed by atoms with Crippen molar-refractivity contribution in [3.8, 4) is 28.3 Å². The van der Waals surface area contributed by atoms with Crippen LogP contribution in [0.2, 0.25) is 10.0 Å². The molecule has 0 atom stereocenters. The Bertz CT molecular complexity index is 2040. The molecular formula is C39H44Cl2N6O6. The van der Waals surface area contributed by atoms with E-state index < -0.39 is 17.6 Å². The minimum atomic E-state index is -0.615. The molecule has 0 radical (unpaired) electrons. The fourth-order valence-electron chi connectivity index (χ4n) is 6.82. The van der Waals surface area contributed by atoms with Gasteiger partial charge >= 0.3 is 12.1 Å². The number of imidazole rings is 1. The van der Waals surface area contributed by atoms with E-state index in [9.17, 15) is 14.4 Å². The van der Waals surface area contributed by atoms with Crippen LogP contribution in [0.1, 0.15) is 61.2 Å². The monoisotopic (exact) mass is 762 g/mol. The summed E-state index contributed by atoms with van der Waals surface area (Å²) in [6.45, 7) is 8.37. The van der Waals surface area contributed by atoms with Crippen molar-refractivity contribution in [3.63, 3.8) is 0 Å². The number of carbonyl (C=O) groups excluding carboxylic acids is 3. The van der Waals surface area contributed by atoms with Gasteiger partial charge in [0.25, 0.3) is 5.91 Å². The van der Waals surface area contributed by atoms with Gasteiger partial charge in [0.1, 0.15) is 5.60 Å². The number of rotatable bonds is 8. The summed E-state index contributed by atoms with van der Waals surface area (Å²) < 4.78 is 17.9. The molecule has 2 aliphatic heterocycles. The highest BCUT2D eigenvalue weighted by molar-refractivity contribution is 6.39. The molecule has 12 nitrogen and oxygen atoms in total.